The molecule has 5 heteroatoms. The average molecular weight is 614 g/mol. The van der Waals surface area contributed by atoms with Crippen molar-refractivity contribution in [2.24, 2.45) is 0 Å². The van der Waals surface area contributed by atoms with Gasteiger partial charge < -0.3 is 4.57 Å². The summed E-state index contributed by atoms with van der Waals surface area (Å²) in [6.45, 7) is 0. The molecule has 0 aliphatic heterocycles. The molecule has 3 aromatic heterocycles. The van der Waals surface area contributed by atoms with E-state index in [9.17, 15) is 0 Å². The standard InChI is InChI=1S/C43H27N5/c1-3-14-29(15-4-1)41-44-42(30-24-25-38-35(27-30)33-19-9-11-21-36(33)47(38)31-16-5-2-6-17-31)46-43(45-41)48-37-22-12-10-20-34(37)40-32-18-8-7-13-28(32)23-26-39(40)48/h1-27H. The van der Waals surface area contributed by atoms with Crippen LogP contribution < -0.4 is 0 Å². The zero-order valence-corrected chi connectivity index (χ0v) is 25.8. The number of para-hydroxylation sites is 3. The second kappa shape index (κ2) is 10.5. The third-order valence-corrected chi connectivity index (χ3v) is 9.36. The minimum Gasteiger partial charge on any atom is -0.309 e. The minimum atomic E-state index is 0.590. The van der Waals surface area contributed by atoms with E-state index in [0.29, 0.717) is 17.6 Å². The predicted molar refractivity (Wildman–Crippen MR) is 197 cm³/mol. The number of rotatable bonds is 4. The quantitative estimate of drug-likeness (QED) is 0.198. The Kier molecular flexibility index (Phi) is 5.81. The fourth-order valence-electron chi connectivity index (χ4n) is 7.23. The molecule has 0 unspecified atom stereocenters. The topological polar surface area (TPSA) is 48.5 Å². The van der Waals surface area contributed by atoms with E-state index in [4.69, 9.17) is 15.0 Å². The highest BCUT2D eigenvalue weighted by Crippen LogP contribution is 2.38. The van der Waals surface area contributed by atoms with Crippen LogP contribution in [0.1, 0.15) is 0 Å². The first-order valence-corrected chi connectivity index (χ1v) is 16.1. The first kappa shape index (κ1) is 26.6. The Morgan fingerprint density at radius 1 is 0.354 bits per heavy atom. The van der Waals surface area contributed by atoms with Crippen molar-refractivity contribution in [3.63, 3.8) is 0 Å². The van der Waals surface area contributed by atoms with Gasteiger partial charge in [-0.25, -0.2) is 4.98 Å². The number of nitrogens with zero attached hydrogens (tertiary/aromatic N) is 5. The van der Waals surface area contributed by atoms with E-state index in [1.807, 2.05) is 18.2 Å². The molecule has 10 rings (SSSR count). The molecule has 0 aliphatic rings. The van der Waals surface area contributed by atoms with Crippen LogP contribution in [0.15, 0.2) is 164 Å². The number of hydrogen-bond donors (Lipinski definition) is 0. The highest BCUT2D eigenvalue weighted by molar-refractivity contribution is 6.21. The average Bonchev–Trinajstić information content (AvgIpc) is 3.68. The second-order valence-corrected chi connectivity index (χ2v) is 12.1. The zero-order valence-electron chi connectivity index (χ0n) is 25.8. The van der Waals surface area contributed by atoms with Crippen molar-refractivity contribution in [3.8, 4) is 34.4 Å². The highest BCUT2D eigenvalue weighted by atomic mass is 15.2. The maximum absolute atomic E-state index is 5.24. The van der Waals surface area contributed by atoms with E-state index < -0.39 is 0 Å². The molecule has 0 radical (unpaired) electrons. The summed E-state index contributed by atoms with van der Waals surface area (Å²) >= 11 is 0. The Hall–Kier alpha value is -6.59. The first-order valence-electron chi connectivity index (χ1n) is 16.1. The Morgan fingerprint density at radius 2 is 0.938 bits per heavy atom. The predicted octanol–water partition coefficient (Wildman–Crippen LogP) is 10.6. The third kappa shape index (κ3) is 4.01. The normalized spacial score (nSPS) is 11.8. The molecular formula is C43H27N5. The minimum absolute atomic E-state index is 0.590. The molecule has 0 bridgehead atoms. The number of aromatic nitrogens is 5. The van der Waals surface area contributed by atoms with Crippen molar-refractivity contribution in [2.75, 3.05) is 0 Å². The van der Waals surface area contributed by atoms with Crippen LogP contribution in [0.25, 0.3) is 88.8 Å². The second-order valence-electron chi connectivity index (χ2n) is 12.1. The molecule has 3 heterocycles. The molecule has 224 valence electrons. The number of hydrogen-bond acceptors (Lipinski definition) is 3. The lowest BCUT2D eigenvalue weighted by Gasteiger charge is -2.11. The lowest BCUT2D eigenvalue weighted by Crippen LogP contribution is -2.06. The number of benzene rings is 7. The lowest BCUT2D eigenvalue weighted by atomic mass is 10.0. The van der Waals surface area contributed by atoms with Gasteiger partial charge in [-0.1, -0.05) is 115 Å². The van der Waals surface area contributed by atoms with Gasteiger partial charge in [-0.15, -0.1) is 0 Å². The molecule has 0 spiro atoms. The summed E-state index contributed by atoms with van der Waals surface area (Å²) in [5, 5.41) is 7.12. The fraction of sp³-hybridized carbons (Fsp3) is 0. The molecule has 48 heavy (non-hydrogen) atoms. The first-order chi connectivity index (χ1) is 23.8. The molecule has 10 aromatic rings. The summed E-state index contributed by atoms with van der Waals surface area (Å²) in [7, 11) is 0. The van der Waals surface area contributed by atoms with Crippen molar-refractivity contribution < 1.29 is 0 Å². The van der Waals surface area contributed by atoms with E-state index in [2.05, 4.69) is 155 Å². The highest BCUT2D eigenvalue weighted by Gasteiger charge is 2.20. The smallest absolute Gasteiger partial charge is 0.238 e. The van der Waals surface area contributed by atoms with Gasteiger partial charge in [-0.3, -0.25) is 4.57 Å². The van der Waals surface area contributed by atoms with Gasteiger partial charge in [-0.2, -0.15) is 9.97 Å². The molecule has 0 amide bonds. The van der Waals surface area contributed by atoms with Crippen LogP contribution in [-0.4, -0.2) is 24.1 Å². The van der Waals surface area contributed by atoms with Crippen LogP contribution in [-0.2, 0) is 0 Å². The Labute approximate surface area is 276 Å². The van der Waals surface area contributed by atoms with Crippen LogP contribution >= 0.6 is 0 Å². The van der Waals surface area contributed by atoms with Gasteiger partial charge in [0.25, 0.3) is 0 Å². The van der Waals surface area contributed by atoms with Crippen molar-refractivity contribution >= 4 is 54.4 Å². The van der Waals surface area contributed by atoms with Gasteiger partial charge in [0, 0.05) is 38.4 Å². The van der Waals surface area contributed by atoms with Crippen LogP contribution in [0.3, 0.4) is 0 Å². The van der Waals surface area contributed by atoms with Crippen LogP contribution in [0.2, 0.25) is 0 Å². The van der Waals surface area contributed by atoms with E-state index in [1.54, 1.807) is 0 Å². The molecule has 7 aromatic carbocycles. The van der Waals surface area contributed by atoms with Crippen molar-refractivity contribution in [1.82, 2.24) is 24.1 Å². The van der Waals surface area contributed by atoms with Gasteiger partial charge in [0.15, 0.2) is 11.6 Å². The van der Waals surface area contributed by atoms with E-state index in [1.165, 1.54) is 26.9 Å². The van der Waals surface area contributed by atoms with Crippen molar-refractivity contribution in [3.05, 3.63) is 164 Å². The van der Waals surface area contributed by atoms with Gasteiger partial charge in [0.05, 0.1) is 22.1 Å². The van der Waals surface area contributed by atoms with Crippen LogP contribution in [0.4, 0.5) is 0 Å². The van der Waals surface area contributed by atoms with Crippen LogP contribution in [0.5, 0.6) is 0 Å². The fourth-order valence-corrected chi connectivity index (χ4v) is 7.23. The van der Waals surface area contributed by atoms with Crippen LogP contribution in [0, 0.1) is 0 Å². The molecule has 0 saturated heterocycles. The van der Waals surface area contributed by atoms with Gasteiger partial charge in [0.1, 0.15) is 0 Å². The Bertz CT molecular complexity index is 2830. The molecule has 0 aliphatic carbocycles. The molecule has 0 atom stereocenters. The summed E-state index contributed by atoms with van der Waals surface area (Å²) in [4.78, 5) is 15.5. The van der Waals surface area contributed by atoms with Crippen molar-refractivity contribution in [2.45, 2.75) is 0 Å². The Morgan fingerprint density at radius 3 is 1.73 bits per heavy atom. The largest absolute Gasteiger partial charge is 0.309 e. The molecule has 0 N–H and O–H groups in total. The summed E-state index contributed by atoms with van der Waals surface area (Å²) in [5.74, 6) is 1.85. The molecule has 0 fully saturated rings. The SMILES string of the molecule is c1ccc(-c2nc(-c3ccc4c(c3)c3ccccc3n4-c3ccccc3)nc(-n3c4ccccc4c4c5ccccc5ccc43)n2)cc1. The lowest BCUT2D eigenvalue weighted by molar-refractivity contribution is 0.954. The maximum Gasteiger partial charge on any atom is 0.238 e. The Balaban J connectivity index is 1.26. The van der Waals surface area contributed by atoms with Gasteiger partial charge in [0.2, 0.25) is 5.95 Å². The summed E-state index contributed by atoms with van der Waals surface area (Å²) in [6.07, 6.45) is 0. The van der Waals surface area contributed by atoms with E-state index >= 15 is 0 Å². The van der Waals surface area contributed by atoms with E-state index in [0.717, 1.165) is 44.3 Å². The summed E-state index contributed by atoms with van der Waals surface area (Å²) in [6, 6.07) is 57.3. The monoisotopic (exact) mass is 613 g/mol. The molecule has 0 saturated carbocycles. The van der Waals surface area contributed by atoms with Gasteiger partial charge in [-0.05, 0) is 59.3 Å². The summed E-state index contributed by atoms with van der Waals surface area (Å²) in [5.41, 5.74) is 7.42. The van der Waals surface area contributed by atoms with E-state index in [-0.39, 0.29) is 0 Å². The third-order valence-electron chi connectivity index (χ3n) is 9.36. The number of fused-ring (bicyclic) bond motifs is 8. The maximum atomic E-state index is 5.24. The molecule has 5 nitrogen and oxygen atoms in total. The van der Waals surface area contributed by atoms with Crippen molar-refractivity contribution in [1.29, 1.82) is 0 Å². The zero-order chi connectivity index (χ0) is 31.6. The van der Waals surface area contributed by atoms with Gasteiger partial charge >= 0.3 is 0 Å². The molecular weight excluding hydrogens is 587 g/mol. The summed E-state index contributed by atoms with van der Waals surface area (Å²) < 4.78 is 4.51.